The molecule has 1 aliphatic rings. The van der Waals surface area contributed by atoms with Crippen molar-refractivity contribution in [1.29, 1.82) is 0 Å². The normalized spacial score (nSPS) is 22.1. The van der Waals surface area contributed by atoms with Crippen LogP contribution in [0.2, 0.25) is 0 Å². The first kappa shape index (κ1) is 13.1. The Morgan fingerprint density at radius 3 is 1.79 bits per heavy atom. The van der Waals surface area contributed by atoms with Crippen LogP contribution >= 0.6 is 26.3 Å². The molecule has 3 N–H and O–H groups in total. The molecule has 0 amide bonds. The zero-order valence-electron chi connectivity index (χ0n) is 7.80. The van der Waals surface area contributed by atoms with E-state index >= 15 is 0 Å². The van der Waals surface area contributed by atoms with Crippen molar-refractivity contribution < 1.29 is 15.3 Å². The summed E-state index contributed by atoms with van der Waals surface area (Å²) < 4.78 is -2.76. The summed E-state index contributed by atoms with van der Waals surface area (Å²) in [5, 5.41) is 28.1. The molecule has 0 unspecified atom stereocenters. The van der Waals surface area contributed by atoms with Crippen LogP contribution in [0.25, 0.3) is 0 Å². The third-order valence-corrected chi connectivity index (χ3v) is 9.42. The molecule has 0 aliphatic heterocycles. The van der Waals surface area contributed by atoms with E-state index in [1.165, 1.54) is 0 Å². The van der Waals surface area contributed by atoms with Crippen LogP contribution in [0.3, 0.4) is 0 Å². The monoisotopic (exact) mass is 329 g/mol. The van der Waals surface area contributed by atoms with Gasteiger partial charge in [-0.05, 0) is 0 Å². The van der Waals surface area contributed by atoms with Gasteiger partial charge in [0, 0.05) is 0 Å². The van der Waals surface area contributed by atoms with E-state index in [9.17, 15) is 15.3 Å². The van der Waals surface area contributed by atoms with Crippen LogP contribution in [-0.4, -0.2) is 40.5 Å². The first-order valence-electron chi connectivity index (χ1n) is 4.31. The molecule has 81 valence electrons. The summed E-state index contributed by atoms with van der Waals surface area (Å²) in [5.41, 5.74) is 0. The van der Waals surface area contributed by atoms with Crippen molar-refractivity contribution in [2.75, 3.05) is 25.2 Å². The van der Waals surface area contributed by atoms with Crippen LogP contribution < -0.4 is 0 Å². The van der Waals surface area contributed by atoms with Gasteiger partial charge in [-0.15, -0.1) is 0 Å². The summed E-state index contributed by atoms with van der Waals surface area (Å²) in [6.07, 6.45) is 7.95. The number of hydrogen-bond acceptors (Lipinski definition) is 3. The Morgan fingerprint density at radius 1 is 1.00 bits per heavy atom. The number of hydrogen-bond donors (Lipinski definition) is 3. The van der Waals surface area contributed by atoms with E-state index in [0.717, 1.165) is 5.92 Å². The Kier molecular flexibility index (Phi) is 4.60. The molecule has 5 heteroatoms. The van der Waals surface area contributed by atoms with Crippen molar-refractivity contribution in [2.45, 2.75) is 0 Å². The van der Waals surface area contributed by atoms with Gasteiger partial charge in [-0.2, -0.15) is 0 Å². The molecule has 0 bridgehead atoms. The number of halogens is 1. The molecular formula is C9H15IO3P. The van der Waals surface area contributed by atoms with Crippen molar-refractivity contribution in [1.82, 2.24) is 0 Å². The molecule has 0 aromatic heterocycles. The molecule has 1 saturated carbocycles. The van der Waals surface area contributed by atoms with Crippen molar-refractivity contribution in [2.24, 2.45) is 0 Å². The van der Waals surface area contributed by atoms with Gasteiger partial charge in [-0.3, -0.25) is 0 Å². The Balaban J connectivity index is 2.67. The quantitative estimate of drug-likeness (QED) is 0.524. The first-order chi connectivity index (χ1) is 6.56. The molecule has 1 fully saturated rings. The summed E-state index contributed by atoms with van der Waals surface area (Å²) in [6.45, 7) is 0. The van der Waals surface area contributed by atoms with Gasteiger partial charge >= 0.3 is 98.4 Å². The standard InChI is InChI=1S/C9H15IO3P/c10-14(6-11,7-12,8-13)5-9-3-1-2-4-9/h1-4,11-13H,5-8H2. The molecule has 0 aromatic carbocycles. The zero-order valence-corrected chi connectivity index (χ0v) is 10.9. The van der Waals surface area contributed by atoms with Gasteiger partial charge in [0.25, 0.3) is 0 Å². The predicted molar refractivity (Wildman–Crippen MR) is 67.5 cm³/mol. The summed E-state index contributed by atoms with van der Waals surface area (Å²) in [7, 11) is 0. The van der Waals surface area contributed by atoms with Crippen molar-refractivity contribution >= 4 is 26.3 Å². The van der Waals surface area contributed by atoms with E-state index in [2.05, 4.69) is 22.0 Å². The van der Waals surface area contributed by atoms with Gasteiger partial charge in [0.2, 0.25) is 0 Å². The van der Waals surface area contributed by atoms with Crippen LogP contribution in [-0.2, 0) is 0 Å². The summed E-state index contributed by atoms with van der Waals surface area (Å²) in [4.78, 5) is 0. The molecule has 3 nitrogen and oxygen atoms in total. The number of rotatable bonds is 5. The number of aliphatic hydroxyl groups is 3. The van der Waals surface area contributed by atoms with E-state index in [4.69, 9.17) is 0 Å². The fourth-order valence-electron chi connectivity index (χ4n) is 1.26. The first-order valence-corrected chi connectivity index (χ1v) is 10.1. The van der Waals surface area contributed by atoms with E-state index in [-0.39, 0.29) is 19.0 Å². The van der Waals surface area contributed by atoms with Gasteiger partial charge < -0.3 is 0 Å². The van der Waals surface area contributed by atoms with Gasteiger partial charge in [-0.1, -0.05) is 0 Å². The molecule has 0 aromatic rings. The maximum absolute atomic E-state index is 9.37. The van der Waals surface area contributed by atoms with Crippen molar-refractivity contribution in [3.8, 4) is 0 Å². The van der Waals surface area contributed by atoms with Gasteiger partial charge in [-0.25, -0.2) is 0 Å². The van der Waals surface area contributed by atoms with Crippen molar-refractivity contribution in [3.63, 3.8) is 0 Å². The van der Waals surface area contributed by atoms with E-state index in [0.29, 0.717) is 6.16 Å². The SMILES string of the molecule is OCP(I)(CO)(CO)C[C]1[CH][CH][CH][CH]1. The molecular weight excluding hydrogens is 314 g/mol. The molecule has 1 rings (SSSR count). The van der Waals surface area contributed by atoms with Crippen LogP contribution in [0.15, 0.2) is 0 Å². The summed E-state index contributed by atoms with van der Waals surface area (Å²) in [5.74, 6) is 1.06. The topological polar surface area (TPSA) is 60.7 Å². The molecule has 0 saturated heterocycles. The summed E-state index contributed by atoms with van der Waals surface area (Å²) >= 11 is 2.08. The third kappa shape index (κ3) is 2.79. The average Bonchev–Trinajstić information content (AvgIpc) is 2.71. The van der Waals surface area contributed by atoms with E-state index < -0.39 is 4.25 Å². The zero-order chi connectivity index (χ0) is 10.7. The maximum atomic E-state index is 9.37. The van der Waals surface area contributed by atoms with Gasteiger partial charge in [0.05, 0.1) is 0 Å². The van der Waals surface area contributed by atoms with Crippen molar-refractivity contribution in [3.05, 3.63) is 31.6 Å². The molecule has 0 spiro atoms. The fourth-order valence-corrected chi connectivity index (χ4v) is 4.13. The van der Waals surface area contributed by atoms with Crippen LogP contribution in [0.1, 0.15) is 0 Å². The Morgan fingerprint density at radius 2 is 1.43 bits per heavy atom. The fraction of sp³-hybridized carbons (Fsp3) is 0.444. The molecule has 0 atom stereocenters. The Hall–Kier alpha value is 1.04. The predicted octanol–water partition coefficient (Wildman–Crippen LogP) is 1.14. The molecule has 0 heterocycles. The van der Waals surface area contributed by atoms with E-state index in [1.807, 2.05) is 25.7 Å². The summed E-state index contributed by atoms with van der Waals surface area (Å²) in [6, 6.07) is 0. The molecule has 5 radical (unpaired) electrons. The van der Waals surface area contributed by atoms with Crippen LogP contribution in [0.5, 0.6) is 0 Å². The van der Waals surface area contributed by atoms with Gasteiger partial charge in [0.15, 0.2) is 0 Å². The van der Waals surface area contributed by atoms with Crippen LogP contribution in [0, 0.1) is 31.6 Å². The Bertz CT molecular complexity index is 179. The second-order valence-electron chi connectivity index (χ2n) is 3.70. The molecule has 14 heavy (non-hydrogen) atoms. The van der Waals surface area contributed by atoms with Gasteiger partial charge in [0.1, 0.15) is 0 Å². The third-order valence-electron chi connectivity index (χ3n) is 2.37. The Labute approximate surface area is 98.3 Å². The molecule has 1 aliphatic carbocycles. The average molecular weight is 329 g/mol. The second kappa shape index (κ2) is 4.91. The second-order valence-corrected chi connectivity index (χ2v) is 16.7. The minimum absolute atomic E-state index is 0.121. The van der Waals surface area contributed by atoms with E-state index in [1.54, 1.807) is 0 Å². The number of aliphatic hydroxyl groups excluding tert-OH is 3. The minimum atomic E-state index is -2.76. The van der Waals surface area contributed by atoms with Crippen LogP contribution in [0.4, 0.5) is 0 Å².